The summed E-state index contributed by atoms with van der Waals surface area (Å²) in [4.78, 5) is 2.76. The minimum Gasteiger partial charge on any atom is -0.312 e. The van der Waals surface area contributed by atoms with E-state index in [-0.39, 0.29) is 0 Å². The molecule has 0 amide bonds. The van der Waals surface area contributed by atoms with Gasteiger partial charge >= 0.3 is 0 Å². The number of hydrogen-bond acceptors (Lipinski definition) is 2. The van der Waals surface area contributed by atoms with Crippen LogP contribution in [0.3, 0.4) is 0 Å². The van der Waals surface area contributed by atoms with Crippen LogP contribution in [0.25, 0.3) is 0 Å². The standard InChI is InChI=1S/C15H32N2/c1-5-8-12-17(14-9-10-14)13(4)15(7-3)16-11-6-2/h13-16H,5-12H2,1-4H3. The fraction of sp³-hybridized carbons (Fsp3) is 1.00. The molecule has 1 saturated carbocycles. The van der Waals surface area contributed by atoms with Crippen molar-refractivity contribution in [2.75, 3.05) is 13.1 Å². The van der Waals surface area contributed by atoms with E-state index in [0.29, 0.717) is 12.1 Å². The fourth-order valence-corrected chi connectivity index (χ4v) is 2.68. The van der Waals surface area contributed by atoms with Gasteiger partial charge in [0, 0.05) is 18.1 Å². The Bertz CT molecular complexity index is 189. The van der Waals surface area contributed by atoms with Crippen molar-refractivity contribution in [3.63, 3.8) is 0 Å². The average Bonchev–Trinajstić information content (AvgIpc) is 3.15. The highest BCUT2D eigenvalue weighted by atomic mass is 15.2. The molecule has 17 heavy (non-hydrogen) atoms. The summed E-state index contributed by atoms with van der Waals surface area (Å²) in [5.41, 5.74) is 0. The Hall–Kier alpha value is -0.0800. The van der Waals surface area contributed by atoms with Crippen molar-refractivity contribution in [2.45, 2.75) is 84.3 Å². The van der Waals surface area contributed by atoms with Crippen molar-refractivity contribution in [1.82, 2.24) is 10.2 Å². The fourth-order valence-electron chi connectivity index (χ4n) is 2.68. The van der Waals surface area contributed by atoms with E-state index >= 15 is 0 Å². The maximum atomic E-state index is 3.72. The first-order chi connectivity index (χ1) is 8.24. The van der Waals surface area contributed by atoms with Crippen molar-refractivity contribution in [1.29, 1.82) is 0 Å². The van der Waals surface area contributed by atoms with Crippen LogP contribution in [0.2, 0.25) is 0 Å². The molecule has 0 aromatic rings. The molecular formula is C15H32N2. The number of rotatable bonds is 10. The predicted molar refractivity (Wildman–Crippen MR) is 76.5 cm³/mol. The highest BCUT2D eigenvalue weighted by molar-refractivity contribution is 4.91. The second-order valence-electron chi connectivity index (χ2n) is 5.53. The molecule has 0 aromatic carbocycles. The molecule has 2 nitrogen and oxygen atoms in total. The van der Waals surface area contributed by atoms with Gasteiger partial charge in [0.1, 0.15) is 0 Å². The molecule has 1 rings (SSSR count). The van der Waals surface area contributed by atoms with Crippen LogP contribution in [-0.4, -0.2) is 36.1 Å². The van der Waals surface area contributed by atoms with Crippen molar-refractivity contribution >= 4 is 0 Å². The summed E-state index contributed by atoms with van der Waals surface area (Å²) in [5, 5.41) is 3.72. The zero-order valence-electron chi connectivity index (χ0n) is 12.3. The average molecular weight is 240 g/mol. The molecule has 0 spiro atoms. The summed E-state index contributed by atoms with van der Waals surface area (Å²) in [6.45, 7) is 11.7. The third-order valence-corrected chi connectivity index (χ3v) is 3.99. The highest BCUT2D eigenvalue weighted by Crippen LogP contribution is 2.30. The second-order valence-corrected chi connectivity index (χ2v) is 5.53. The zero-order chi connectivity index (χ0) is 12.7. The van der Waals surface area contributed by atoms with Gasteiger partial charge in [0.15, 0.2) is 0 Å². The number of unbranched alkanes of at least 4 members (excludes halogenated alkanes) is 1. The molecule has 1 aliphatic carbocycles. The van der Waals surface area contributed by atoms with Crippen LogP contribution in [0.4, 0.5) is 0 Å². The minimum atomic E-state index is 0.674. The van der Waals surface area contributed by atoms with Gasteiger partial charge in [-0.3, -0.25) is 4.90 Å². The number of hydrogen-bond donors (Lipinski definition) is 1. The van der Waals surface area contributed by atoms with Gasteiger partial charge in [0.05, 0.1) is 0 Å². The third kappa shape index (κ3) is 4.97. The zero-order valence-corrected chi connectivity index (χ0v) is 12.3. The van der Waals surface area contributed by atoms with E-state index in [1.165, 1.54) is 45.1 Å². The van der Waals surface area contributed by atoms with E-state index in [0.717, 1.165) is 12.6 Å². The molecule has 0 heterocycles. The Morgan fingerprint density at radius 1 is 1.18 bits per heavy atom. The van der Waals surface area contributed by atoms with Crippen molar-refractivity contribution < 1.29 is 0 Å². The van der Waals surface area contributed by atoms with E-state index in [4.69, 9.17) is 0 Å². The van der Waals surface area contributed by atoms with Gasteiger partial charge in [0.2, 0.25) is 0 Å². The topological polar surface area (TPSA) is 15.3 Å². The first-order valence-corrected chi connectivity index (χ1v) is 7.73. The van der Waals surface area contributed by atoms with Gasteiger partial charge in [-0.25, -0.2) is 0 Å². The summed E-state index contributed by atoms with van der Waals surface area (Å²) in [7, 11) is 0. The molecule has 2 atom stereocenters. The Morgan fingerprint density at radius 3 is 2.35 bits per heavy atom. The van der Waals surface area contributed by atoms with E-state index in [2.05, 4.69) is 37.9 Å². The van der Waals surface area contributed by atoms with Gasteiger partial charge in [-0.1, -0.05) is 27.2 Å². The van der Waals surface area contributed by atoms with Gasteiger partial charge < -0.3 is 5.32 Å². The molecule has 102 valence electrons. The Balaban J connectivity index is 2.45. The molecule has 0 radical (unpaired) electrons. The van der Waals surface area contributed by atoms with Crippen LogP contribution in [0.5, 0.6) is 0 Å². The summed E-state index contributed by atoms with van der Waals surface area (Å²) in [6.07, 6.45) is 8.01. The Kier molecular flexibility index (Phi) is 7.14. The molecule has 2 heteroatoms. The lowest BCUT2D eigenvalue weighted by molar-refractivity contribution is 0.155. The third-order valence-electron chi connectivity index (χ3n) is 3.99. The summed E-state index contributed by atoms with van der Waals surface area (Å²) >= 11 is 0. The van der Waals surface area contributed by atoms with Crippen molar-refractivity contribution in [2.24, 2.45) is 0 Å². The predicted octanol–water partition coefficient (Wildman–Crippen LogP) is 3.42. The van der Waals surface area contributed by atoms with Crippen LogP contribution in [0.1, 0.15) is 66.2 Å². The number of nitrogens with one attached hydrogen (secondary N) is 1. The van der Waals surface area contributed by atoms with Crippen LogP contribution in [0.15, 0.2) is 0 Å². The largest absolute Gasteiger partial charge is 0.312 e. The first-order valence-electron chi connectivity index (χ1n) is 7.73. The summed E-state index contributed by atoms with van der Waals surface area (Å²) in [5.74, 6) is 0. The minimum absolute atomic E-state index is 0.674. The quantitative estimate of drug-likeness (QED) is 0.629. The van der Waals surface area contributed by atoms with Crippen LogP contribution in [-0.2, 0) is 0 Å². The smallest absolute Gasteiger partial charge is 0.0223 e. The molecule has 1 N–H and O–H groups in total. The normalized spacial score (nSPS) is 19.6. The molecule has 1 fully saturated rings. The molecule has 1 aliphatic rings. The monoisotopic (exact) mass is 240 g/mol. The lowest BCUT2D eigenvalue weighted by Gasteiger charge is -2.35. The van der Waals surface area contributed by atoms with Crippen molar-refractivity contribution in [3.8, 4) is 0 Å². The Morgan fingerprint density at radius 2 is 1.88 bits per heavy atom. The first kappa shape index (κ1) is 15.0. The molecule has 0 aromatic heterocycles. The Labute approximate surface area is 108 Å². The summed E-state index contributed by atoms with van der Waals surface area (Å²) in [6, 6.07) is 2.27. The van der Waals surface area contributed by atoms with E-state index in [1.807, 2.05) is 0 Å². The van der Waals surface area contributed by atoms with Gasteiger partial charge in [0.25, 0.3) is 0 Å². The lowest BCUT2D eigenvalue weighted by Crippen LogP contribution is -2.49. The van der Waals surface area contributed by atoms with E-state index in [1.54, 1.807) is 0 Å². The molecule has 0 saturated heterocycles. The number of nitrogens with zero attached hydrogens (tertiary/aromatic N) is 1. The highest BCUT2D eigenvalue weighted by Gasteiger charge is 2.34. The maximum absolute atomic E-state index is 3.72. The van der Waals surface area contributed by atoms with Crippen LogP contribution < -0.4 is 5.32 Å². The van der Waals surface area contributed by atoms with Crippen LogP contribution >= 0.6 is 0 Å². The second kappa shape index (κ2) is 8.10. The van der Waals surface area contributed by atoms with Gasteiger partial charge in [-0.2, -0.15) is 0 Å². The molecule has 2 unspecified atom stereocenters. The summed E-state index contributed by atoms with van der Waals surface area (Å²) < 4.78 is 0. The molecular weight excluding hydrogens is 208 g/mol. The molecule has 0 bridgehead atoms. The van der Waals surface area contributed by atoms with Gasteiger partial charge in [-0.15, -0.1) is 0 Å². The molecule has 0 aliphatic heterocycles. The van der Waals surface area contributed by atoms with E-state index < -0.39 is 0 Å². The van der Waals surface area contributed by atoms with Crippen molar-refractivity contribution in [3.05, 3.63) is 0 Å². The SMILES string of the molecule is CCCCN(C1CC1)C(C)C(CC)NCCC. The van der Waals surface area contributed by atoms with E-state index in [9.17, 15) is 0 Å². The van der Waals surface area contributed by atoms with Crippen LogP contribution in [0, 0.1) is 0 Å². The maximum Gasteiger partial charge on any atom is 0.0223 e. The van der Waals surface area contributed by atoms with Gasteiger partial charge in [-0.05, 0) is 52.1 Å². The lowest BCUT2D eigenvalue weighted by atomic mass is 10.0.